The predicted octanol–water partition coefficient (Wildman–Crippen LogP) is 1.28. The van der Waals surface area contributed by atoms with Crippen LogP contribution in [0.2, 0.25) is 0 Å². The first-order chi connectivity index (χ1) is 10.0. The van der Waals surface area contributed by atoms with Crippen LogP contribution in [0.4, 0.5) is 4.39 Å². The van der Waals surface area contributed by atoms with Crippen molar-refractivity contribution in [2.24, 2.45) is 0 Å². The Hall–Kier alpha value is -1.46. The molecular formula is C16H23FN2O2. The Bertz CT molecular complexity index is 476. The molecule has 2 rings (SSSR count). The maximum atomic E-state index is 12.8. The first kappa shape index (κ1) is 15.9. The number of aryl methyl sites for hydroxylation is 1. The molecule has 116 valence electrons. The minimum absolute atomic E-state index is 0.00658. The zero-order valence-electron chi connectivity index (χ0n) is 12.6. The molecule has 0 bridgehead atoms. The summed E-state index contributed by atoms with van der Waals surface area (Å²) < 4.78 is 12.8. The molecule has 0 spiro atoms. The van der Waals surface area contributed by atoms with Gasteiger partial charge in [-0.3, -0.25) is 4.79 Å². The number of nitrogens with zero attached hydrogens (tertiary/aromatic N) is 2. The standard InChI is InChI=1S/C16H23FN2O2/c1-18(2)14-9-15(11-20)19(10-14)16(21)8-5-12-3-6-13(17)7-4-12/h3-4,6-7,14-15,20H,5,8-11H2,1-2H3/t14-,15+/m1/s1. The molecule has 0 unspecified atom stereocenters. The highest BCUT2D eigenvalue weighted by molar-refractivity contribution is 5.77. The second kappa shape index (κ2) is 7.00. The lowest BCUT2D eigenvalue weighted by Gasteiger charge is -2.23. The molecule has 0 aromatic heterocycles. The lowest BCUT2D eigenvalue weighted by atomic mass is 10.1. The summed E-state index contributed by atoms with van der Waals surface area (Å²) in [4.78, 5) is 16.2. The van der Waals surface area contributed by atoms with Crippen LogP contribution in [0, 0.1) is 5.82 Å². The molecule has 1 aromatic carbocycles. The van der Waals surface area contributed by atoms with E-state index in [2.05, 4.69) is 4.90 Å². The Morgan fingerprint density at radius 3 is 2.62 bits per heavy atom. The molecule has 0 aliphatic carbocycles. The fourth-order valence-electron chi connectivity index (χ4n) is 2.79. The molecule has 2 atom stereocenters. The summed E-state index contributed by atoms with van der Waals surface area (Å²) in [7, 11) is 3.98. The van der Waals surface area contributed by atoms with Crippen LogP contribution < -0.4 is 0 Å². The highest BCUT2D eigenvalue weighted by atomic mass is 19.1. The lowest BCUT2D eigenvalue weighted by molar-refractivity contribution is -0.132. The molecule has 1 N–H and O–H groups in total. The smallest absolute Gasteiger partial charge is 0.223 e. The Kier molecular flexibility index (Phi) is 5.31. The number of benzene rings is 1. The molecule has 0 saturated carbocycles. The van der Waals surface area contributed by atoms with Crippen molar-refractivity contribution in [1.82, 2.24) is 9.80 Å². The van der Waals surface area contributed by atoms with Crippen molar-refractivity contribution in [2.45, 2.75) is 31.3 Å². The third-order valence-corrected chi connectivity index (χ3v) is 4.19. The number of amides is 1. The third kappa shape index (κ3) is 4.02. The van der Waals surface area contributed by atoms with Gasteiger partial charge >= 0.3 is 0 Å². The Labute approximate surface area is 125 Å². The van der Waals surface area contributed by atoms with Gasteiger partial charge in [-0.25, -0.2) is 4.39 Å². The fourth-order valence-corrected chi connectivity index (χ4v) is 2.79. The Balaban J connectivity index is 1.91. The molecule has 1 heterocycles. The van der Waals surface area contributed by atoms with Crippen molar-refractivity contribution in [2.75, 3.05) is 27.2 Å². The molecule has 0 radical (unpaired) electrons. The summed E-state index contributed by atoms with van der Waals surface area (Å²) in [6.07, 6.45) is 1.80. The highest BCUT2D eigenvalue weighted by Gasteiger charge is 2.35. The van der Waals surface area contributed by atoms with Gasteiger partial charge in [-0.2, -0.15) is 0 Å². The van der Waals surface area contributed by atoms with Crippen LogP contribution in [0.25, 0.3) is 0 Å². The average Bonchev–Trinajstić information content (AvgIpc) is 2.91. The number of likely N-dealkylation sites (N-methyl/N-ethyl adjacent to an activating group) is 1. The van der Waals surface area contributed by atoms with Gasteiger partial charge in [-0.1, -0.05) is 12.1 Å². The quantitative estimate of drug-likeness (QED) is 0.890. The van der Waals surface area contributed by atoms with Crippen LogP contribution in [0.15, 0.2) is 24.3 Å². The van der Waals surface area contributed by atoms with E-state index in [1.807, 2.05) is 14.1 Å². The first-order valence-corrected chi connectivity index (χ1v) is 7.32. The minimum Gasteiger partial charge on any atom is -0.394 e. The third-order valence-electron chi connectivity index (χ3n) is 4.19. The van der Waals surface area contributed by atoms with E-state index in [1.165, 1.54) is 12.1 Å². The zero-order valence-corrected chi connectivity index (χ0v) is 12.6. The van der Waals surface area contributed by atoms with E-state index in [4.69, 9.17) is 0 Å². The molecule has 1 fully saturated rings. The van der Waals surface area contributed by atoms with E-state index < -0.39 is 0 Å². The fraction of sp³-hybridized carbons (Fsp3) is 0.562. The first-order valence-electron chi connectivity index (χ1n) is 7.32. The second-order valence-electron chi connectivity index (χ2n) is 5.86. The van der Waals surface area contributed by atoms with Crippen molar-refractivity contribution in [3.05, 3.63) is 35.6 Å². The van der Waals surface area contributed by atoms with E-state index in [0.29, 0.717) is 25.4 Å². The molecule has 1 saturated heterocycles. The second-order valence-corrected chi connectivity index (χ2v) is 5.86. The summed E-state index contributed by atoms with van der Waals surface area (Å²) in [6.45, 7) is 0.674. The minimum atomic E-state index is -0.265. The summed E-state index contributed by atoms with van der Waals surface area (Å²) in [5.74, 6) is -0.207. The van der Waals surface area contributed by atoms with E-state index >= 15 is 0 Å². The number of aliphatic hydroxyl groups excluding tert-OH is 1. The topological polar surface area (TPSA) is 43.8 Å². The Morgan fingerprint density at radius 2 is 2.05 bits per heavy atom. The maximum absolute atomic E-state index is 12.8. The van der Waals surface area contributed by atoms with Gasteiger partial charge in [0.1, 0.15) is 5.82 Å². The van der Waals surface area contributed by atoms with E-state index in [-0.39, 0.29) is 24.4 Å². The Morgan fingerprint density at radius 1 is 1.38 bits per heavy atom. The van der Waals surface area contributed by atoms with Gasteiger partial charge in [0, 0.05) is 19.0 Å². The number of hydrogen-bond acceptors (Lipinski definition) is 3. The summed E-state index contributed by atoms with van der Waals surface area (Å²) >= 11 is 0. The van der Waals surface area contributed by atoms with Crippen molar-refractivity contribution in [3.63, 3.8) is 0 Å². The van der Waals surface area contributed by atoms with Crippen molar-refractivity contribution in [3.8, 4) is 0 Å². The largest absolute Gasteiger partial charge is 0.394 e. The summed E-state index contributed by atoms with van der Waals surface area (Å²) in [6, 6.07) is 6.45. The number of hydrogen-bond donors (Lipinski definition) is 1. The summed E-state index contributed by atoms with van der Waals surface area (Å²) in [5, 5.41) is 9.45. The number of aliphatic hydroxyl groups is 1. The molecular weight excluding hydrogens is 271 g/mol. The zero-order chi connectivity index (χ0) is 15.4. The molecule has 21 heavy (non-hydrogen) atoms. The van der Waals surface area contributed by atoms with E-state index in [9.17, 15) is 14.3 Å². The van der Waals surface area contributed by atoms with Crippen molar-refractivity contribution in [1.29, 1.82) is 0 Å². The normalized spacial score (nSPS) is 22.0. The monoisotopic (exact) mass is 294 g/mol. The van der Waals surface area contributed by atoms with Gasteiger partial charge < -0.3 is 14.9 Å². The SMILES string of the molecule is CN(C)[C@@H]1C[C@@H](CO)N(C(=O)CCc2ccc(F)cc2)C1. The van der Waals surface area contributed by atoms with Crippen LogP contribution in [-0.4, -0.2) is 60.1 Å². The molecule has 1 aliphatic heterocycles. The molecule has 5 heteroatoms. The number of carbonyl (C=O) groups excluding carboxylic acids is 1. The number of halogens is 1. The van der Waals surface area contributed by atoms with Gasteiger partial charge in [-0.15, -0.1) is 0 Å². The van der Waals surface area contributed by atoms with Crippen LogP contribution in [0.5, 0.6) is 0 Å². The van der Waals surface area contributed by atoms with Gasteiger partial charge in [0.15, 0.2) is 0 Å². The van der Waals surface area contributed by atoms with Crippen LogP contribution >= 0.6 is 0 Å². The van der Waals surface area contributed by atoms with Crippen LogP contribution in [0.3, 0.4) is 0 Å². The number of likely N-dealkylation sites (tertiary alicyclic amines) is 1. The van der Waals surface area contributed by atoms with Crippen LogP contribution in [0.1, 0.15) is 18.4 Å². The van der Waals surface area contributed by atoms with Gasteiger partial charge in [0.2, 0.25) is 5.91 Å². The molecule has 1 aromatic rings. The molecule has 1 aliphatic rings. The van der Waals surface area contributed by atoms with Crippen molar-refractivity contribution < 1.29 is 14.3 Å². The van der Waals surface area contributed by atoms with Crippen LogP contribution in [-0.2, 0) is 11.2 Å². The average molecular weight is 294 g/mol. The van der Waals surface area contributed by atoms with E-state index in [1.54, 1.807) is 17.0 Å². The summed E-state index contributed by atoms with van der Waals surface area (Å²) in [5.41, 5.74) is 0.952. The number of rotatable bonds is 5. The highest BCUT2D eigenvalue weighted by Crippen LogP contribution is 2.22. The maximum Gasteiger partial charge on any atom is 0.223 e. The number of carbonyl (C=O) groups is 1. The van der Waals surface area contributed by atoms with Gasteiger partial charge in [-0.05, 0) is 44.6 Å². The van der Waals surface area contributed by atoms with Gasteiger partial charge in [0.25, 0.3) is 0 Å². The molecule has 4 nitrogen and oxygen atoms in total. The van der Waals surface area contributed by atoms with Gasteiger partial charge in [0.05, 0.1) is 12.6 Å². The molecule has 1 amide bonds. The predicted molar refractivity (Wildman–Crippen MR) is 79.4 cm³/mol. The van der Waals surface area contributed by atoms with Crippen molar-refractivity contribution >= 4 is 5.91 Å². The van der Waals surface area contributed by atoms with E-state index in [0.717, 1.165) is 12.0 Å². The lowest BCUT2D eigenvalue weighted by Crippen LogP contribution is -2.39.